The van der Waals surface area contributed by atoms with Gasteiger partial charge in [-0.3, -0.25) is 4.68 Å². The molecule has 1 aromatic heterocycles. The summed E-state index contributed by atoms with van der Waals surface area (Å²) in [7, 11) is 1.91. The van der Waals surface area contributed by atoms with Crippen LogP contribution in [0.4, 0.5) is 11.5 Å². The molecule has 1 rings (SSSR count). The number of nitrogens with two attached hydrogens (primary N) is 1. The minimum absolute atomic E-state index is 0.294. The highest BCUT2D eigenvalue weighted by molar-refractivity contribution is 5.64. The Hall–Kier alpha value is -1.23. The Balaban J connectivity index is 2.34. The van der Waals surface area contributed by atoms with Gasteiger partial charge < -0.3 is 16.2 Å². The summed E-state index contributed by atoms with van der Waals surface area (Å²) in [6, 6.07) is 0. The van der Waals surface area contributed by atoms with Crippen molar-refractivity contribution < 1.29 is 5.11 Å². The number of nitrogen functional groups attached to an aromatic ring is 1. The molecular weight excluding hydrogens is 216 g/mol. The summed E-state index contributed by atoms with van der Waals surface area (Å²) in [4.78, 5) is 0. The van der Waals surface area contributed by atoms with Crippen LogP contribution in [0.3, 0.4) is 0 Å². The van der Waals surface area contributed by atoms with Crippen LogP contribution in [-0.4, -0.2) is 28.0 Å². The first kappa shape index (κ1) is 13.8. The lowest BCUT2D eigenvalue weighted by atomic mass is 10.2. The maximum Gasteiger partial charge on any atom is 0.147 e. The monoisotopic (exact) mass is 240 g/mol. The topological polar surface area (TPSA) is 76.1 Å². The quantitative estimate of drug-likeness (QED) is 0.602. The average molecular weight is 240 g/mol. The summed E-state index contributed by atoms with van der Waals surface area (Å²) in [6.07, 6.45) is 5.06. The van der Waals surface area contributed by atoms with Crippen LogP contribution in [-0.2, 0) is 13.5 Å². The summed E-state index contributed by atoms with van der Waals surface area (Å²) < 4.78 is 1.81. The van der Waals surface area contributed by atoms with Crippen LogP contribution in [0.15, 0.2) is 0 Å². The minimum Gasteiger partial charge on any atom is -0.396 e. The van der Waals surface area contributed by atoms with E-state index in [9.17, 15) is 0 Å². The molecule has 0 fully saturated rings. The molecule has 0 aliphatic carbocycles. The van der Waals surface area contributed by atoms with E-state index in [1.54, 1.807) is 0 Å². The summed E-state index contributed by atoms with van der Waals surface area (Å²) in [5.74, 6) is 0.920. The number of nitrogens with one attached hydrogen (secondary N) is 1. The number of hydrogen-bond donors (Lipinski definition) is 3. The minimum atomic E-state index is 0.294. The first-order valence-electron chi connectivity index (χ1n) is 6.36. The van der Waals surface area contributed by atoms with Crippen molar-refractivity contribution in [1.82, 2.24) is 9.78 Å². The molecule has 0 aliphatic heterocycles. The van der Waals surface area contributed by atoms with Crippen LogP contribution in [0.5, 0.6) is 0 Å². The third kappa shape index (κ3) is 3.93. The van der Waals surface area contributed by atoms with Crippen molar-refractivity contribution in [2.24, 2.45) is 7.05 Å². The fourth-order valence-electron chi connectivity index (χ4n) is 1.86. The van der Waals surface area contributed by atoms with Crippen molar-refractivity contribution in [2.45, 2.75) is 39.0 Å². The summed E-state index contributed by atoms with van der Waals surface area (Å²) in [5, 5.41) is 16.3. The van der Waals surface area contributed by atoms with E-state index < -0.39 is 0 Å². The van der Waals surface area contributed by atoms with Crippen molar-refractivity contribution in [2.75, 3.05) is 24.2 Å². The van der Waals surface area contributed by atoms with Gasteiger partial charge in [-0.2, -0.15) is 5.10 Å². The molecule has 5 nitrogen and oxygen atoms in total. The van der Waals surface area contributed by atoms with Crippen LogP contribution in [0, 0.1) is 0 Å². The molecule has 0 atom stereocenters. The Morgan fingerprint density at radius 1 is 1.29 bits per heavy atom. The first-order valence-corrected chi connectivity index (χ1v) is 6.36. The smallest absolute Gasteiger partial charge is 0.147 e. The van der Waals surface area contributed by atoms with Gasteiger partial charge in [0.25, 0.3) is 0 Å². The Bertz CT molecular complexity index is 335. The van der Waals surface area contributed by atoms with Crippen LogP contribution < -0.4 is 11.1 Å². The molecule has 0 spiro atoms. The zero-order valence-corrected chi connectivity index (χ0v) is 10.9. The highest BCUT2D eigenvalue weighted by Crippen LogP contribution is 2.22. The standard InChI is InChI=1S/C12H24N4O/c1-3-10-11(13)12(16(2)15-10)14-8-6-4-5-7-9-17/h14,17H,3-9,13H2,1-2H3. The maximum atomic E-state index is 8.66. The lowest BCUT2D eigenvalue weighted by molar-refractivity contribution is 0.283. The van der Waals surface area contributed by atoms with E-state index in [1.807, 2.05) is 11.7 Å². The number of anilines is 2. The zero-order valence-electron chi connectivity index (χ0n) is 10.9. The number of aryl methyl sites for hydroxylation is 2. The summed E-state index contributed by atoms with van der Waals surface area (Å²) >= 11 is 0. The third-order valence-corrected chi connectivity index (χ3v) is 2.87. The number of rotatable bonds is 8. The van der Waals surface area contributed by atoms with Gasteiger partial charge in [-0.05, 0) is 19.3 Å². The molecule has 1 aromatic rings. The number of unbranched alkanes of at least 4 members (excludes halogenated alkanes) is 3. The number of nitrogens with zero attached hydrogens (tertiary/aromatic N) is 2. The highest BCUT2D eigenvalue weighted by Gasteiger charge is 2.10. The summed E-state index contributed by atoms with van der Waals surface area (Å²) in [5.41, 5.74) is 7.72. The number of aromatic nitrogens is 2. The second-order valence-corrected chi connectivity index (χ2v) is 4.25. The van der Waals surface area contributed by atoms with E-state index in [0.29, 0.717) is 6.61 Å². The molecule has 5 heteroatoms. The van der Waals surface area contributed by atoms with Crippen LogP contribution in [0.1, 0.15) is 38.3 Å². The fourth-order valence-corrected chi connectivity index (χ4v) is 1.86. The largest absolute Gasteiger partial charge is 0.396 e. The van der Waals surface area contributed by atoms with E-state index in [1.165, 1.54) is 0 Å². The number of aliphatic hydroxyl groups excluding tert-OH is 1. The SMILES string of the molecule is CCc1nn(C)c(NCCCCCCO)c1N. The average Bonchev–Trinajstić information content (AvgIpc) is 2.60. The van der Waals surface area contributed by atoms with Crippen molar-refractivity contribution in [3.05, 3.63) is 5.69 Å². The van der Waals surface area contributed by atoms with Crippen molar-refractivity contribution >= 4 is 11.5 Å². The molecule has 0 radical (unpaired) electrons. The molecule has 4 N–H and O–H groups in total. The van der Waals surface area contributed by atoms with Crippen molar-refractivity contribution in [1.29, 1.82) is 0 Å². The molecule has 0 unspecified atom stereocenters. The molecule has 0 amide bonds. The predicted molar refractivity (Wildman–Crippen MR) is 71.0 cm³/mol. The van der Waals surface area contributed by atoms with Gasteiger partial charge in [-0.1, -0.05) is 19.8 Å². The molecular formula is C12H24N4O. The van der Waals surface area contributed by atoms with E-state index in [4.69, 9.17) is 10.8 Å². The van der Waals surface area contributed by atoms with E-state index in [-0.39, 0.29) is 0 Å². The summed E-state index contributed by atoms with van der Waals surface area (Å²) in [6.45, 7) is 3.25. The molecule has 0 bridgehead atoms. The van der Waals surface area contributed by atoms with Crippen LogP contribution in [0.25, 0.3) is 0 Å². The molecule has 0 aliphatic rings. The Morgan fingerprint density at radius 2 is 2.00 bits per heavy atom. The molecule has 0 saturated heterocycles. The number of aliphatic hydroxyl groups is 1. The second kappa shape index (κ2) is 7.17. The van der Waals surface area contributed by atoms with Gasteiger partial charge in [0.2, 0.25) is 0 Å². The molecule has 17 heavy (non-hydrogen) atoms. The van der Waals surface area contributed by atoms with Gasteiger partial charge in [0, 0.05) is 20.2 Å². The van der Waals surface area contributed by atoms with Crippen LogP contribution >= 0.6 is 0 Å². The van der Waals surface area contributed by atoms with Gasteiger partial charge in [-0.25, -0.2) is 0 Å². The third-order valence-electron chi connectivity index (χ3n) is 2.87. The maximum absolute atomic E-state index is 8.66. The van der Waals surface area contributed by atoms with Crippen molar-refractivity contribution in [3.8, 4) is 0 Å². The fraction of sp³-hybridized carbons (Fsp3) is 0.750. The van der Waals surface area contributed by atoms with Gasteiger partial charge in [0.15, 0.2) is 0 Å². The molecule has 1 heterocycles. The Kier molecular flexibility index (Phi) is 5.83. The molecule has 0 saturated carbocycles. The van der Waals surface area contributed by atoms with Gasteiger partial charge in [0.1, 0.15) is 5.82 Å². The van der Waals surface area contributed by atoms with Gasteiger partial charge >= 0.3 is 0 Å². The van der Waals surface area contributed by atoms with Gasteiger partial charge in [-0.15, -0.1) is 0 Å². The van der Waals surface area contributed by atoms with Crippen LogP contribution in [0.2, 0.25) is 0 Å². The van der Waals surface area contributed by atoms with E-state index in [2.05, 4.69) is 17.3 Å². The first-order chi connectivity index (χ1) is 8.20. The second-order valence-electron chi connectivity index (χ2n) is 4.25. The predicted octanol–water partition coefficient (Wildman–Crippen LogP) is 1.53. The van der Waals surface area contributed by atoms with Gasteiger partial charge in [0.05, 0.1) is 11.4 Å². The Labute approximate surface area is 103 Å². The lowest BCUT2D eigenvalue weighted by Gasteiger charge is -2.07. The highest BCUT2D eigenvalue weighted by atomic mass is 16.2. The zero-order chi connectivity index (χ0) is 12.7. The van der Waals surface area contributed by atoms with Crippen molar-refractivity contribution in [3.63, 3.8) is 0 Å². The van der Waals surface area contributed by atoms with E-state index in [0.717, 1.165) is 55.8 Å². The Morgan fingerprint density at radius 3 is 2.59 bits per heavy atom. The number of hydrogen-bond acceptors (Lipinski definition) is 4. The molecule has 0 aromatic carbocycles. The van der Waals surface area contributed by atoms with E-state index >= 15 is 0 Å². The normalized spacial score (nSPS) is 10.8. The molecule has 98 valence electrons. The lowest BCUT2D eigenvalue weighted by Crippen LogP contribution is -2.08.